The first-order chi connectivity index (χ1) is 11.8. The molecule has 2 heterocycles. The van der Waals surface area contributed by atoms with Crippen LogP contribution in [0.5, 0.6) is 0 Å². The molecule has 0 spiro atoms. The van der Waals surface area contributed by atoms with E-state index in [1.165, 1.54) is 6.07 Å². The number of benzene rings is 1. The molecule has 1 N–H and O–H groups in total. The van der Waals surface area contributed by atoms with Crippen LogP contribution in [-0.2, 0) is 0 Å². The van der Waals surface area contributed by atoms with E-state index in [2.05, 4.69) is 24.3 Å². The van der Waals surface area contributed by atoms with Crippen LogP contribution in [0, 0.1) is 36.9 Å². The number of urea groups is 1. The van der Waals surface area contributed by atoms with E-state index in [0.29, 0.717) is 34.3 Å². The van der Waals surface area contributed by atoms with Crippen LogP contribution in [0.4, 0.5) is 14.9 Å². The van der Waals surface area contributed by atoms with Crippen molar-refractivity contribution in [3.05, 3.63) is 41.5 Å². The van der Waals surface area contributed by atoms with Crippen molar-refractivity contribution in [1.29, 1.82) is 0 Å². The third-order valence-electron chi connectivity index (χ3n) is 6.01. The molecule has 1 saturated heterocycles. The van der Waals surface area contributed by atoms with Gasteiger partial charge in [0, 0.05) is 13.1 Å². The van der Waals surface area contributed by atoms with Gasteiger partial charge in [-0.25, -0.2) is 13.9 Å². The molecular formula is C19H23FN4O. The third-order valence-corrected chi connectivity index (χ3v) is 6.01. The van der Waals surface area contributed by atoms with Gasteiger partial charge >= 0.3 is 6.03 Å². The maximum absolute atomic E-state index is 14.1. The standard InChI is InChI=1S/C19H23FN4O/c1-11-17(12(2)24(22-11)16-8-6-5-7-15(16)20)21-18(25)23-9-13-14(10-23)19(13,3)4/h5-8,13-14H,9-10H2,1-4H3,(H,21,25)/t13-,14+. The first-order valence-corrected chi connectivity index (χ1v) is 8.67. The van der Waals surface area contributed by atoms with E-state index in [4.69, 9.17) is 0 Å². The Hall–Kier alpha value is -2.37. The van der Waals surface area contributed by atoms with Crippen molar-refractivity contribution in [1.82, 2.24) is 14.7 Å². The molecule has 2 fully saturated rings. The summed E-state index contributed by atoms with van der Waals surface area (Å²) in [5.41, 5.74) is 2.82. The number of likely N-dealkylation sites (tertiary alicyclic amines) is 1. The lowest BCUT2D eigenvalue weighted by Crippen LogP contribution is -2.36. The highest BCUT2D eigenvalue weighted by Crippen LogP contribution is 2.61. The predicted octanol–water partition coefficient (Wildman–Crippen LogP) is 3.75. The second-order valence-electron chi connectivity index (χ2n) is 7.78. The van der Waals surface area contributed by atoms with Crippen LogP contribution in [-0.4, -0.2) is 33.8 Å². The zero-order valence-electron chi connectivity index (χ0n) is 15.0. The predicted molar refractivity (Wildman–Crippen MR) is 94.3 cm³/mol. The Morgan fingerprint density at radius 2 is 1.88 bits per heavy atom. The van der Waals surface area contributed by atoms with Crippen LogP contribution in [0.2, 0.25) is 0 Å². The first-order valence-electron chi connectivity index (χ1n) is 8.67. The van der Waals surface area contributed by atoms with Crippen molar-refractivity contribution in [2.45, 2.75) is 27.7 Å². The number of aromatic nitrogens is 2. The maximum atomic E-state index is 14.1. The van der Waals surface area contributed by atoms with E-state index in [9.17, 15) is 9.18 Å². The van der Waals surface area contributed by atoms with E-state index in [0.717, 1.165) is 18.8 Å². The highest BCUT2D eigenvalue weighted by Gasteiger charge is 2.62. The van der Waals surface area contributed by atoms with Gasteiger partial charge in [-0.1, -0.05) is 26.0 Å². The number of aryl methyl sites for hydroxylation is 1. The molecular weight excluding hydrogens is 319 g/mol. The molecule has 1 aromatic heterocycles. The van der Waals surface area contributed by atoms with E-state index >= 15 is 0 Å². The quantitative estimate of drug-likeness (QED) is 0.904. The topological polar surface area (TPSA) is 50.2 Å². The normalized spacial score (nSPS) is 23.5. The fourth-order valence-corrected chi connectivity index (χ4v) is 4.17. The number of fused-ring (bicyclic) bond motifs is 1. The average Bonchev–Trinajstić information content (AvgIpc) is 2.93. The highest BCUT2D eigenvalue weighted by molar-refractivity contribution is 5.91. The van der Waals surface area contributed by atoms with Gasteiger partial charge in [0.1, 0.15) is 11.5 Å². The molecule has 1 saturated carbocycles. The zero-order chi connectivity index (χ0) is 17.9. The Balaban J connectivity index is 1.54. The van der Waals surface area contributed by atoms with Gasteiger partial charge in [-0.2, -0.15) is 5.10 Å². The molecule has 2 aromatic rings. The van der Waals surface area contributed by atoms with E-state index in [-0.39, 0.29) is 11.8 Å². The number of nitrogens with one attached hydrogen (secondary N) is 1. The molecule has 2 amide bonds. The smallest absolute Gasteiger partial charge is 0.321 e. The summed E-state index contributed by atoms with van der Waals surface area (Å²) in [5, 5.41) is 7.39. The fraction of sp³-hybridized carbons (Fsp3) is 0.474. The summed E-state index contributed by atoms with van der Waals surface area (Å²) in [5.74, 6) is 0.885. The summed E-state index contributed by atoms with van der Waals surface area (Å²) in [6.45, 7) is 9.82. The second-order valence-corrected chi connectivity index (χ2v) is 7.78. The number of hydrogen-bond donors (Lipinski definition) is 1. The largest absolute Gasteiger partial charge is 0.324 e. The monoisotopic (exact) mass is 342 g/mol. The first kappa shape index (κ1) is 16.1. The lowest BCUT2D eigenvalue weighted by Gasteiger charge is -2.22. The summed E-state index contributed by atoms with van der Waals surface area (Å²) in [7, 11) is 0. The van der Waals surface area contributed by atoms with Crippen molar-refractivity contribution in [3.8, 4) is 5.69 Å². The van der Waals surface area contributed by atoms with Crippen molar-refractivity contribution < 1.29 is 9.18 Å². The number of amides is 2. The van der Waals surface area contributed by atoms with Crippen molar-refractivity contribution in [2.24, 2.45) is 17.3 Å². The van der Waals surface area contributed by atoms with E-state index < -0.39 is 0 Å². The zero-order valence-corrected chi connectivity index (χ0v) is 15.0. The van der Waals surface area contributed by atoms with Crippen molar-refractivity contribution in [2.75, 3.05) is 18.4 Å². The summed E-state index contributed by atoms with van der Waals surface area (Å²) >= 11 is 0. The highest BCUT2D eigenvalue weighted by atomic mass is 19.1. The van der Waals surface area contributed by atoms with Gasteiger partial charge in [0.25, 0.3) is 0 Å². The lowest BCUT2D eigenvalue weighted by atomic mass is 10.1. The maximum Gasteiger partial charge on any atom is 0.321 e. The minimum Gasteiger partial charge on any atom is -0.324 e. The lowest BCUT2D eigenvalue weighted by molar-refractivity contribution is 0.209. The summed E-state index contributed by atoms with van der Waals surface area (Å²) < 4.78 is 15.6. The Bertz CT molecular complexity index is 843. The number of anilines is 1. The molecule has 0 radical (unpaired) electrons. The van der Waals surface area contributed by atoms with Crippen molar-refractivity contribution >= 4 is 11.7 Å². The van der Waals surface area contributed by atoms with Gasteiger partial charge in [-0.15, -0.1) is 0 Å². The molecule has 25 heavy (non-hydrogen) atoms. The fourth-order valence-electron chi connectivity index (χ4n) is 4.17. The van der Waals surface area contributed by atoms with Gasteiger partial charge in [0.15, 0.2) is 0 Å². The molecule has 2 aliphatic rings. The molecule has 0 bridgehead atoms. The molecule has 5 nitrogen and oxygen atoms in total. The molecule has 2 atom stereocenters. The number of piperidine rings is 1. The molecule has 132 valence electrons. The van der Waals surface area contributed by atoms with E-state index in [1.54, 1.807) is 22.9 Å². The number of halogens is 1. The molecule has 1 aliphatic heterocycles. The van der Waals surface area contributed by atoms with Crippen LogP contribution < -0.4 is 5.32 Å². The molecule has 0 unspecified atom stereocenters. The minimum atomic E-state index is -0.340. The number of nitrogens with zero attached hydrogens (tertiary/aromatic N) is 3. The molecule has 4 rings (SSSR count). The summed E-state index contributed by atoms with van der Waals surface area (Å²) in [6.07, 6.45) is 0. The number of hydrogen-bond acceptors (Lipinski definition) is 2. The van der Waals surface area contributed by atoms with Crippen LogP contribution in [0.25, 0.3) is 5.69 Å². The summed E-state index contributed by atoms with van der Waals surface area (Å²) in [6, 6.07) is 6.40. The Morgan fingerprint density at radius 3 is 2.52 bits per heavy atom. The Labute approximate surface area is 146 Å². The van der Waals surface area contributed by atoms with Gasteiger partial charge in [-0.3, -0.25) is 0 Å². The Morgan fingerprint density at radius 1 is 1.24 bits per heavy atom. The number of carbonyl (C=O) groups excluding carboxylic acids is 1. The molecule has 1 aromatic carbocycles. The van der Waals surface area contributed by atoms with Crippen LogP contribution in [0.1, 0.15) is 25.2 Å². The SMILES string of the molecule is Cc1nn(-c2ccccc2F)c(C)c1NC(=O)N1C[C@@H]2[C@H](C1)C2(C)C. The number of rotatable bonds is 2. The Kier molecular flexibility index (Phi) is 3.42. The van der Waals surface area contributed by atoms with Gasteiger partial charge in [-0.05, 0) is 43.2 Å². The molecule has 1 aliphatic carbocycles. The van der Waals surface area contributed by atoms with Crippen molar-refractivity contribution in [3.63, 3.8) is 0 Å². The van der Waals surface area contributed by atoms with Gasteiger partial charge < -0.3 is 10.2 Å². The van der Waals surface area contributed by atoms with E-state index in [1.807, 2.05) is 18.7 Å². The number of carbonyl (C=O) groups is 1. The van der Waals surface area contributed by atoms with Gasteiger partial charge in [0.2, 0.25) is 0 Å². The minimum absolute atomic E-state index is 0.0951. The second kappa shape index (κ2) is 5.31. The molecule has 6 heteroatoms. The van der Waals surface area contributed by atoms with Crippen LogP contribution in [0.15, 0.2) is 24.3 Å². The van der Waals surface area contributed by atoms with Gasteiger partial charge in [0.05, 0.1) is 17.1 Å². The van der Waals surface area contributed by atoms with Crippen LogP contribution in [0.3, 0.4) is 0 Å². The summed E-state index contributed by atoms with van der Waals surface area (Å²) in [4.78, 5) is 14.5. The third kappa shape index (κ3) is 2.42. The van der Waals surface area contributed by atoms with Crippen LogP contribution >= 0.6 is 0 Å². The average molecular weight is 342 g/mol. The number of para-hydroxylation sites is 1.